The van der Waals surface area contributed by atoms with E-state index in [4.69, 9.17) is 4.74 Å². The van der Waals surface area contributed by atoms with Crippen molar-refractivity contribution in [3.05, 3.63) is 34.9 Å². The lowest BCUT2D eigenvalue weighted by atomic mass is 9.58. The number of carbonyl (C=O) groups excluding carboxylic acids is 2. The monoisotopic (exact) mass is 302 g/mol. The summed E-state index contributed by atoms with van der Waals surface area (Å²) in [5, 5.41) is 0. The lowest BCUT2D eigenvalue weighted by Crippen LogP contribution is -2.45. The number of hydrogen-bond acceptors (Lipinski definition) is 3. The van der Waals surface area contributed by atoms with Crippen LogP contribution in [0.4, 0.5) is 0 Å². The minimum Gasteiger partial charge on any atom is -0.459 e. The number of allylic oxidation sites excluding steroid dienone is 4. The zero-order chi connectivity index (χ0) is 16.7. The largest absolute Gasteiger partial charge is 0.459 e. The van der Waals surface area contributed by atoms with Gasteiger partial charge in [0, 0.05) is 11.5 Å². The normalized spacial score (nSPS) is 31.2. The van der Waals surface area contributed by atoms with Gasteiger partial charge in [-0.2, -0.15) is 0 Å². The Labute approximate surface area is 133 Å². The van der Waals surface area contributed by atoms with Crippen molar-refractivity contribution in [2.75, 3.05) is 0 Å². The molecule has 0 aromatic heterocycles. The lowest BCUT2D eigenvalue weighted by molar-refractivity contribution is -0.150. The van der Waals surface area contributed by atoms with Crippen LogP contribution in [0.1, 0.15) is 53.9 Å². The second-order valence-corrected chi connectivity index (χ2v) is 7.16. The number of esters is 1. The van der Waals surface area contributed by atoms with E-state index in [9.17, 15) is 9.59 Å². The summed E-state index contributed by atoms with van der Waals surface area (Å²) in [5.41, 5.74) is 3.51. The van der Waals surface area contributed by atoms with E-state index in [2.05, 4.69) is 20.4 Å². The van der Waals surface area contributed by atoms with Crippen LogP contribution < -0.4 is 0 Å². The molecule has 2 aliphatic carbocycles. The van der Waals surface area contributed by atoms with Crippen LogP contribution in [0.25, 0.3) is 0 Å². The molecule has 0 aromatic rings. The molecule has 0 radical (unpaired) electrons. The third kappa shape index (κ3) is 2.81. The van der Waals surface area contributed by atoms with Crippen molar-refractivity contribution >= 4 is 11.8 Å². The Morgan fingerprint density at radius 1 is 1.36 bits per heavy atom. The quantitative estimate of drug-likeness (QED) is 0.568. The third-order valence-corrected chi connectivity index (χ3v) is 5.35. The lowest BCUT2D eigenvalue weighted by Gasteiger charge is -2.48. The second kappa shape index (κ2) is 5.86. The molecule has 3 nitrogen and oxygen atoms in total. The third-order valence-electron chi connectivity index (χ3n) is 5.35. The average molecular weight is 302 g/mol. The SMILES string of the molecule is C=C(C)C(=O)O[C@@H]1CCC2=CC(=O)C(=C(C)C)C[C@]2(C)[C@@H]1C. The van der Waals surface area contributed by atoms with Gasteiger partial charge >= 0.3 is 5.97 Å². The Bertz CT molecular complexity index is 590. The van der Waals surface area contributed by atoms with Gasteiger partial charge in [-0.25, -0.2) is 4.79 Å². The topological polar surface area (TPSA) is 43.4 Å². The summed E-state index contributed by atoms with van der Waals surface area (Å²) in [6.45, 7) is 13.6. The number of rotatable bonds is 2. The summed E-state index contributed by atoms with van der Waals surface area (Å²) in [5.74, 6) is 0.0116. The van der Waals surface area contributed by atoms with Crippen molar-refractivity contribution in [1.82, 2.24) is 0 Å². The minimum absolute atomic E-state index is 0.112. The van der Waals surface area contributed by atoms with Crippen molar-refractivity contribution in [3.63, 3.8) is 0 Å². The van der Waals surface area contributed by atoms with Gasteiger partial charge < -0.3 is 4.74 Å². The van der Waals surface area contributed by atoms with Crippen molar-refractivity contribution in [2.45, 2.75) is 60.0 Å². The molecule has 22 heavy (non-hydrogen) atoms. The Balaban J connectivity index is 2.31. The van der Waals surface area contributed by atoms with Crippen LogP contribution in [-0.4, -0.2) is 17.9 Å². The average Bonchev–Trinajstić information content (AvgIpc) is 2.43. The molecule has 3 heteroatoms. The first kappa shape index (κ1) is 16.7. The van der Waals surface area contributed by atoms with Gasteiger partial charge in [0.2, 0.25) is 0 Å². The molecule has 0 N–H and O–H groups in total. The second-order valence-electron chi connectivity index (χ2n) is 7.16. The van der Waals surface area contributed by atoms with Crippen LogP contribution in [0.2, 0.25) is 0 Å². The van der Waals surface area contributed by atoms with Crippen molar-refractivity contribution < 1.29 is 14.3 Å². The van der Waals surface area contributed by atoms with Gasteiger partial charge in [-0.1, -0.05) is 31.6 Å². The molecule has 2 aliphatic rings. The predicted octanol–water partition coefficient (Wildman–Crippen LogP) is 4.15. The summed E-state index contributed by atoms with van der Waals surface area (Å²) in [4.78, 5) is 24.1. The van der Waals surface area contributed by atoms with Crippen LogP contribution in [0, 0.1) is 11.3 Å². The minimum atomic E-state index is -0.317. The molecule has 0 aliphatic heterocycles. The molecule has 0 spiro atoms. The van der Waals surface area contributed by atoms with Gasteiger partial charge in [-0.3, -0.25) is 4.79 Å². The van der Waals surface area contributed by atoms with Gasteiger partial charge in [-0.15, -0.1) is 0 Å². The highest BCUT2D eigenvalue weighted by atomic mass is 16.5. The molecular formula is C19H26O3. The smallest absolute Gasteiger partial charge is 0.333 e. The van der Waals surface area contributed by atoms with Gasteiger partial charge in [0.1, 0.15) is 6.10 Å². The Kier molecular flexibility index (Phi) is 4.46. The van der Waals surface area contributed by atoms with E-state index in [0.29, 0.717) is 5.57 Å². The highest BCUT2D eigenvalue weighted by molar-refractivity contribution is 6.06. The molecule has 2 rings (SSSR count). The van der Waals surface area contributed by atoms with Crippen LogP contribution in [0.3, 0.4) is 0 Å². The molecule has 0 heterocycles. The number of hydrogen-bond donors (Lipinski definition) is 0. The van der Waals surface area contributed by atoms with Gasteiger partial charge in [0.05, 0.1) is 0 Å². The zero-order valence-electron chi connectivity index (χ0n) is 14.3. The van der Waals surface area contributed by atoms with E-state index in [1.807, 2.05) is 19.9 Å². The maximum absolute atomic E-state index is 12.3. The summed E-state index contributed by atoms with van der Waals surface area (Å²) >= 11 is 0. The molecule has 0 amide bonds. The summed E-state index contributed by atoms with van der Waals surface area (Å²) in [6, 6.07) is 0. The predicted molar refractivity (Wildman–Crippen MR) is 87.3 cm³/mol. The maximum Gasteiger partial charge on any atom is 0.333 e. The van der Waals surface area contributed by atoms with Crippen molar-refractivity contribution in [1.29, 1.82) is 0 Å². The molecular weight excluding hydrogens is 276 g/mol. The fourth-order valence-electron chi connectivity index (χ4n) is 3.57. The summed E-state index contributed by atoms with van der Waals surface area (Å²) in [6.07, 6.45) is 4.04. The van der Waals surface area contributed by atoms with Gasteiger partial charge in [-0.05, 0) is 57.1 Å². The van der Waals surface area contributed by atoms with Crippen molar-refractivity contribution in [3.8, 4) is 0 Å². The molecule has 0 saturated heterocycles. The molecule has 1 saturated carbocycles. The van der Waals surface area contributed by atoms with E-state index in [1.165, 1.54) is 5.57 Å². The van der Waals surface area contributed by atoms with E-state index in [0.717, 1.165) is 30.4 Å². The molecule has 1 fully saturated rings. The van der Waals surface area contributed by atoms with E-state index < -0.39 is 0 Å². The molecule has 3 atom stereocenters. The Hall–Kier alpha value is -1.64. The fourth-order valence-corrected chi connectivity index (χ4v) is 3.57. The number of ketones is 1. The molecule has 120 valence electrons. The molecule has 0 aromatic carbocycles. The number of ether oxygens (including phenoxy) is 1. The zero-order valence-corrected chi connectivity index (χ0v) is 14.3. The van der Waals surface area contributed by atoms with Gasteiger partial charge in [0.15, 0.2) is 5.78 Å². The summed E-state index contributed by atoms with van der Waals surface area (Å²) < 4.78 is 5.64. The van der Waals surface area contributed by atoms with Crippen LogP contribution in [-0.2, 0) is 14.3 Å². The molecule has 0 unspecified atom stereocenters. The van der Waals surface area contributed by atoms with E-state index >= 15 is 0 Å². The first-order valence-electron chi connectivity index (χ1n) is 7.95. The number of fused-ring (bicyclic) bond motifs is 1. The van der Waals surface area contributed by atoms with E-state index in [-0.39, 0.29) is 29.2 Å². The van der Waals surface area contributed by atoms with E-state index in [1.54, 1.807) is 6.92 Å². The summed E-state index contributed by atoms with van der Waals surface area (Å²) in [7, 11) is 0. The fraction of sp³-hybridized carbons (Fsp3) is 0.579. The standard InChI is InChI=1S/C19H26O3/c1-11(2)15-10-19(6)13(5)17(22-18(21)12(3)4)8-7-14(19)9-16(15)20/h9,13,17H,3,7-8,10H2,1-2,4-6H3/t13-,17-,19-/m1/s1. The molecule has 0 bridgehead atoms. The highest BCUT2D eigenvalue weighted by Crippen LogP contribution is 2.52. The van der Waals surface area contributed by atoms with Gasteiger partial charge in [0.25, 0.3) is 0 Å². The first-order chi connectivity index (χ1) is 10.2. The van der Waals surface area contributed by atoms with Crippen molar-refractivity contribution in [2.24, 2.45) is 11.3 Å². The van der Waals surface area contributed by atoms with Crippen LogP contribution in [0.5, 0.6) is 0 Å². The maximum atomic E-state index is 12.3. The highest BCUT2D eigenvalue weighted by Gasteiger charge is 2.47. The first-order valence-corrected chi connectivity index (χ1v) is 7.95. The Morgan fingerprint density at radius 2 is 2.00 bits per heavy atom. The number of carbonyl (C=O) groups is 2. The Morgan fingerprint density at radius 3 is 2.55 bits per heavy atom. The van der Waals surface area contributed by atoms with Crippen LogP contribution >= 0.6 is 0 Å². The van der Waals surface area contributed by atoms with Crippen LogP contribution in [0.15, 0.2) is 34.9 Å².